The molecule has 1 aromatic heterocycles. The van der Waals surface area contributed by atoms with E-state index in [-0.39, 0.29) is 5.97 Å². The second-order valence-corrected chi connectivity index (χ2v) is 8.48. The van der Waals surface area contributed by atoms with E-state index >= 15 is 0 Å². The lowest BCUT2D eigenvalue weighted by molar-refractivity contribution is -0.148. The van der Waals surface area contributed by atoms with E-state index in [9.17, 15) is 4.79 Å². The number of ether oxygens (including phenoxy) is 2. The Morgan fingerprint density at radius 3 is 2.74 bits per heavy atom. The summed E-state index contributed by atoms with van der Waals surface area (Å²) in [6.07, 6.45) is 5.09. The van der Waals surface area contributed by atoms with Gasteiger partial charge in [-0.1, -0.05) is 19.4 Å². The molecule has 31 heavy (non-hydrogen) atoms. The van der Waals surface area contributed by atoms with Crippen LogP contribution in [0.5, 0.6) is 5.75 Å². The molecule has 0 saturated heterocycles. The largest absolute Gasteiger partial charge is 0.493 e. The molecule has 0 aliphatic carbocycles. The number of nitrogens with zero attached hydrogens (tertiary/aromatic N) is 3. The summed E-state index contributed by atoms with van der Waals surface area (Å²) in [4.78, 5) is 17.0. The number of esters is 1. The van der Waals surface area contributed by atoms with Crippen LogP contribution in [0.4, 0.5) is 5.69 Å². The fourth-order valence-corrected chi connectivity index (χ4v) is 3.43. The zero-order chi connectivity index (χ0) is 22.6. The third kappa shape index (κ3) is 5.54. The molecule has 1 aromatic carbocycles. The molecule has 0 bridgehead atoms. The van der Waals surface area contributed by atoms with Crippen LogP contribution in [0.15, 0.2) is 29.3 Å². The molecule has 0 saturated carbocycles. The Bertz CT molecular complexity index is 1010. The van der Waals surface area contributed by atoms with E-state index in [0.29, 0.717) is 13.2 Å². The highest BCUT2D eigenvalue weighted by molar-refractivity contribution is 6.04. The highest BCUT2D eigenvalue weighted by atomic mass is 16.6. The third-order valence-corrected chi connectivity index (χ3v) is 4.72. The molecular weight excluding hydrogens is 392 g/mol. The molecule has 2 heterocycles. The van der Waals surface area contributed by atoms with E-state index in [0.717, 1.165) is 52.6 Å². The maximum absolute atomic E-state index is 12.0. The van der Waals surface area contributed by atoms with Gasteiger partial charge in [-0.15, -0.1) is 0 Å². The molecule has 3 rings (SSSR count). The SMILES string of the molecule is CCCc1nn(C)c2c1N=C(c1cc(/C=C/C(=O)OC(C)(C)C)ccc1OCC)NC2. The average molecular weight is 425 g/mol. The molecule has 0 spiro atoms. The summed E-state index contributed by atoms with van der Waals surface area (Å²) in [6, 6.07) is 5.79. The van der Waals surface area contributed by atoms with Gasteiger partial charge in [0.25, 0.3) is 0 Å². The van der Waals surface area contributed by atoms with E-state index in [1.54, 1.807) is 6.08 Å². The normalized spacial score (nSPS) is 13.5. The third-order valence-electron chi connectivity index (χ3n) is 4.72. The zero-order valence-corrected chi connectivity index (χ0v) is 19.3. The highest BCUT2D eigenvalue weighted by Gasteiger charge is 2.23. The summed E-state index contributed by atoms with van der Waals surface area (Å²) < 4.78 is 13.1. The minimum atomic E-state index is -0.524. The number of carbonyl (C=O) groups excluding carboxylic acids is 1. The Hall–Kier alpha value is -3.09. The van der Waals surface area contributed by atoms with Crippen LogP contribution < -0.4 is 10.1 Å². The Balaban J connectivity index is 1.96. The van der Waals surface area contributed by atoms with Crippen LogP contribution in [0.1, 0.15) is 63.6 Å². The molecule has 0 fully saturated rings. The van der Waals surface area contributed by atoms with Crippen molar-refractivity contribution in [3.05, 3.63) is 46.8 Å². The molecule has 0 amide bonds. The minimum Gasteiger partial charge on any atom is -0.493 e. The Labute approximate surface area is 184 Å². The van der Waals surface area contributed by atoms with Gasteiger partial charge in [-0.2, -0.15) is 5.10 Å². The van der Waals surface area contributed by atoms with E-state index in [1.807, 2.05) is 57.6 Å². The van der Waals surface area contributed by atoms with Crippen molar-refractivity contribution in [1.82, 2.24) is 15.1 Å². The van der Waals surface area contributed by atoms with Gasteiger partial charge in [0.05, 0.1) is 30.1 Å². The van der Waals surface area contributed by atoms with Crippen molar-refractivity contribution < 1.29 is 14.3 Å². The van der Waals surface area contributed by atoms with E-state index in [1.165, 1.54) is 6.08 Å². The Morgan fingerprint density at radius 1 is 1.29 bits per heavy atom. The van der Waals surface area contributed by atoms with Gasteiger partial charge >= 0.3 is 5.97 Å². The predicted molar refractivity (Wildman–Crippen MR) is 123 cm³/mol. The smallest absolute Gasteiger partial charge is 0.331 e. The molecule has 7 heteroatoms. The number of aryl methyl sites for hydroxylation is 2. The number of aliphatic imine (C=N–C) groups is 1. The van der Waals surface area contributed by atoms with Crippen molar-refractivity contribution in [3.63, 3.8) is 0 Å². The molecule has 7 nitrogen and oxygen atoms in total. The molecule has 1 N–H and O–H groups in total. The quantitative estimate of drug-likeness (QED) is 0.529. The number of amidine groups is 1. The summed E-state index contributed by atoms with van der Waals surface area (Å²) >= 11 is 0. The molecule has 166 valence electrons. The summed E-state index contributed by atoms with van der Waals surface area (Å²) in [6.45, 7) is 10.8. The molecule has 0 unspecified atom stereocenters. The minimum absolute atomic E-state index is 0.375. The van der Waals surface area contributed by atoms with Gasteiger partial charge in [0, 0.05) is 13.1 Å². The predicted octanol–water partition coefficient (Wildman–Crippen LogP) is 4.31. The van der Waals surface area contributed by atoms with Gasteiger partial charge < -0.3 is 14.8 Å². The number of rotatable bonds is 7. The van der Waals surface area contributed by atoms with Crippen LogP contribution in [0.2, 0.25) is 0 Å². The summed E-state index contributed by atoms with van der Waals surface area (Å²) in [5.41, 5.74) is 4.22. The fraction of sp³-hybridized carbons (Fsp3) is 0.458. The lowest BCUT2D eigenvalue weighted by Crippen LogP contribution is -2.28. The summed E-state index contributed by atoms with van der Waals surface area (Å²) in [7, 11) is 1.95. The Kier molecular flexibility index (Phi) is 6.83. The number of nitrogens with one attached hydrogen (secondary N) is 1. The van der Waals surface area contributed by atoms with Crippen molar-refractivity contribution >= 4 is 23.6 Å². The van der Waals surface area contributed by atoms with Crippen molar-refractivity contribution in [2.45, 2.75) is 59.6 Å². The van der Waals surface area contributed by atoms with Gasteiger partial charge in [-0.3, -0.25) is 4.68 Å². The van der Waals surface area contributed by atoms with Gasteiger partial charge in [-0.25, -0.2) is 9.79 Å². The first-order valence-electron chi connectivity index (χ1n) is 10.8. The fourth-order valence-electron chi connectivity index (χ4n) is 3.43. The van der Waals surface area contributed by atoms with Crippen molar-refractivity contribution in [2.75, 3.05) is 6.61 Å². The monoisotopic (exact) mass is 424 g/mol. The van der Waals surface area contributed by atoms with E-state index in [2.05, 4.69) is 17.3 Å². The lowest BCUT2D eigenvalue weighted by atomic mass is 10.1. The van der Waals surface area contributed by atoms with Crippen LogP contribution in [0.25, 0.3) is 6.08 Å². The van der Waals surface area contributed by atoms with Crippen molar-refractivity contribution in [2.24, 2.45) is 12.0 Å². The number of aromatic nitrogens is 2. The number of fused-ring (bicyclic) bond motifs is 1. The van der Waals surface area contributed by atoms with Gasteiger partial charge in [0.2, 0.25) is 0 Å². The van der Waals surface area contributed by atoms with Crippen LogP contribution >= 0.6 is 0 Å². The van der Waals surface area contributed by atoms with Crippen LogP contribution in [-0.2, 0) is 29.5 Å². The second-order valence-electron chi connectivity index (χ2n) is 8.48. The second kappa shape index (κ2) is 9.37. The van der Waals surface area contributed by atoms with Crippen LogP contribution in [-0.4, -0.2) is 33.8 Å². The van der Waals surface area contributed by atoms with Gasteiger partial charge in [-0.05, 0) is 57.9 Å². The van der Waals surface area contributed by atoms with Gasteiger partial charge in [0.1, 0.15) is 22.9 Å². The molecule has 0 atom stereocenters. The standard InChI is InChI=1S/C24H32N4O3/c1-7-9-18-22-19(28(6)27-18)15-25-23(26-22)17-14-16(10-12-20(17)30-8-2)11-13-21(29)31-24(3,4)5/h10-14H,7-9,15H2,1-6H3,(H,25,26)/b13-11+. The maximum atomic E-state index is 12.0. The molecule has 1 aliphatic rings. The maximum Gasteiger partial charge on any atom is 0.331 e. The van der Waals surface area contributed by atoms with Crippen molar-refractivity contribution in [3.8, 4) is 5.75 Å². The average Bonchev–Trinajstić information content (AvgIpc) is 3.01. The molecule has 0 radical (unpaired) electrons. The van der Waals surface area contributed by atoms with Gasteiger partial charge in [0.15, 0.2) is 0 Å². The van der Waals surface area contributed by atoms with E-state index in [4.69, 9.17) is 14.5 Å². The molecule has 1 aliphatic heterocycles. The molecule has 2 aromatic rings. The Morgan fingerprint density at radius 2 is 2.06 bits per heavy atom. The summed E-state index contributed by atoms with van der Waals surface area (Å²) in [5, 5.41) is 8.04. The lowest BCUT2D eigenvalue weighted by Gasteiger charge is -2.19. The summed E-state index contributed by atoms with van der Waals surface area (Å²) in [5.74, 6) is 1.11. The van der Waals surface area contributed by atoms with Crippen LogP contribution in [0.3, 0.4) is 0 Å². The van der Waals surface area contributed by atoms with Crippen LogP contribution in [0, 0.1) is 0 Å². The van der Waals surface area contributed by atoms with E-state index < -0.39 is 5.60 Å². The first kappa shape index (κ1) is 22.6. The molecular formula is C24H32N4O3. The topological polar surface area (TPSA) is 77.7 Å². The first-order chi connectivity index (χ1) is 14.7. The number of carbonyl (C=O) groups is 1. The number of hydrogen-bond acceptors (Lipinski definition) is 6. The number of benzene rings is 1. The first-order valence-corrected chi connectivity index (χ1v) is 10.8. The van der Waals surface area contributed by atoms with Crippen molar-refractivity contribution in [1.29, 1.82) is 0 Å². The highest BCUT2D eigenvalue weighted by Crippen LogP contribution is 2.31. The zero-order valence-electron chi connectivity index (χ0n) is 19.3. The number of hydrogen-bond donors (Lipinski definition) is 1.